The number of ether oxygens (including phenoxy) is 1. The molecular formula is C20H30ClN3O3. The number of rotatable bonds is 6. The Hall–Kier alpha value is -1.79. The number of hydrogen-bond donors (Lipinski definition) is 1. The molecule has 150 valence electrons. The number of piperazine rings is 1. The second-order valence-corrected chi connectivity index (χ2v) is 6.98. The van der Waals surface area contributed by atoms with Gasteiger partial charge in [0, 0.05) is 38.6 Å². The lowest BCUT2D eigenvalue weighted by atomic mass is 10.0. The fraction of sp³-hybridized carbons (Fsp3) is 0.600. The van der Waals surface area contributed by atoms with Crippen LogP contribution in [0.2, 0.25) is 0 Å². The smallest absolute Gasteiger partial charge is 0.236 e. The van der Waals surface area contributed by atoms with Gasteiger partial charge in [0.15, 0.2) is 0 Å². The van der Waals surface area contributed by atoms with Crippen LogP contribution in [0.4, 0.5) is 0 Å². The summed E-state index contributed by atoms with van der Waals surface area (Å²) < 4.78 is 5.45. The van der Waals surface area contributed by atoms with Crippen molar-refractivity contribution in [2.75, 3.05) is 39.3 Å². The second-order valence-electron chi connectivity index (χ2n) is 6.98. The van der Waals surface area contributed by atoms with Gasteiger partial charge >= 0.3 is 0 Å². The third-order valence-electron chi connectivity index (χ3n) is 5.18. The molecule has 0 aliphatic carbocycles. The first-order valence-electron chi connectivity index (χ1n) is 9.67. The molecule has 2 saturated heterocycles. The van der Waals surface area contributed by atoms with Crippen molar-refractivity contribution < 1.29 is 14.3 Å². The van der Waals surface area contributed by atoms with Crippen LogP contribution in [0, 0.1) is 0 Å². The number of aryl methyl sites for hydroxylation is 1. The number of benzene rings is 1. The molecular weight excluding hydrogens is 366 g/mol. The number of carbonyl (C=O) groups is 2. The molecule has 0 aromatic heterocycles. The first-order chi connectivity index (χ1) is 12.7. The molecule has 2 aliphatic rings. The molecule has 1 aromatic rings. The van der Waals surface area contributed by atoms with Crippen LogP contribution in [0.5, 0.6) is 5.75 Å². The van der Waals surface area contributed by atoms with Gasteiger partial charge in [-0.15, -0.1) is 12.4 Å². The fourth-order valence-electron chi connectivity index (χ4n) is 3.77. The summed E-state index contributed by atoms with van der Waals surface area (Å²) in [6.07, 6.45) is 3.21. The van der Waals surface area contributed by atoms with Gasteiger partial charge in [-0.2, -0.15) is 0 Å². The summed E-state index contributed by atoms with van der Waals surface area (Å²) in [7, 11) is 0. The zero-order chi connectivity index (χ0) is 18.4. The molecule has 1 unspecified atom stereocenters. The first-order valence-corrected chi connectivity index (χ1v) is 9.67. The molecule has 0 spiro atoms. The summed E-state index contributed by atoms with van der Waals surface area (Å²) in [6.45, 7) is 6.11. The van der Waals surface area contributed by atoms with Crippen LogP contribution in [-0.4, -0.2) is 67.0 Å². The molecule has 27 heavy (non-hydrogen) atoms. The summed E-state index contributed by atoms with van der Waals surface area (Å²) in [6, 6.07) is 8.13. The minimum absolute atomic E-state index is 0. The molecule has 6 nitrogen and oxygen atoms in total. The van der Waals surface area contributed by atoms with Gasteiger partial charge in [0.25, 0.3) is 0 Å². The highest BCUT2D eigenvalue weighted by atomic mass is 35.5. The minimum atomic E-state index is 0. The van der Waals surface area contributed by atoms with E-state index in [-0.39, 0.29) is 30.3 Å². The number of nitrogens with zero attached hydrogens (tertiary/aromatic N) is 2. The van der Waals surface area contributed by atoms with Crippen LogP contribution < -0.4 is 10.1 Å². The Bertz CT molecular complexity index is 623. The van der Waals surface area contributed by atoms with Crippen molar-refractivity contribution in [3.8, 4) is 5.75 Å². The normalized spacial score (nSPS) is 20.2. The highest BCUT2D eigenvalue weighted by Crippen LogP contribution is 2.19. The number of likely N-dealkylation sites (tertiary alicyclic amines) is 1. The van der Waals surface area contributed by atoms with Crippen LogP contribution in [0.1, 0.15) is 31.7 Å². The molecule has 2 heterocycles. The standard InChI is InChI=1S/C20H29N3O3.ClH/c1-2-26-18-8-5-16(6-9-18)7-10-19(24)22-12-3-4-17(15-22)23-13-11-21-14-20(23)25;/h5-6,8-9,17,21H,2-4,7,10-15H2,1H3;1H. The van der Waals surface area contributed by atoms with Gasteiger partial charge < -0.3 is 19.9 Å². The lowest BCUT2D eigenvalue weighted by Crippen LogP contribution is -2.57. The van der Waals surface area contributed by atoms with Crippen molar-refractivity contribution >= 4 is 24.2 Å². The third-order valence-corrected chi connectivity index (χ3v) is 5.18. The van der Waals surface area contributed by atoms with Gasteiger partial charge in [-0.05, 0) is 43.9 Å². The molecule has 1 aromatic carbocycles. The maximum absolute atomic E-state index is 12.6. The topological polar surface area (TPSA) is 61.9 Å². The number of piperidine rings is 1. The molecule has 2 fully saturated rings. The Kier molecular flexibility index (Phi) is 8.38. The number of nitrogens with one attached hydrogen (secondary N) is 1. The molecule has 2 aliphatic heterocycles. The average Bonchev–Trinajstić information content (AvgIpc) is 2.68. The van der Waals surface area contributed by atoms with Crippen molar-refractivity contribution in [3.05, 3.63) is 29.8 Å². The van der Waals surface area contributed by atoms with E-state index in [0.717, 1.165) is 50.2 Å². The number of hydrogen-bond acceptors (Lipinski definition) is 4. The Labute approximate surface area is 167 Å². The van der Waals surface area contributed by atoms with Crippen LogP contribution in [0.25, 0.3) is 0 Å². The van der Waals surface area contributed by atoms with Crippen LogP contribution in [-0.2, 0) is 16.0 Å². The zero-order valence-electron chi connectivity index (χ0n) is 16.0. The van der Waals surface area contributed by atoms with Gasteiger partial charge in [-0.1, -0.05) is 12.1 Å². The molecule has 0 radical (unpaired) electrons. The predicted molar refractivity (Wildman–Crippen MR) is 107 cm³/mol. The third kappa shape index (κ3) is 5.84. The van der Waals surface area contributed by atoms with E-state index in [1.54, 1.807) is 0 Å². The monoisotopic (exact) mass is 395 g/mol. The largest absolute Gasteiger partial charge is 0.494 e. The number of halogens is 1. The van der Waals surface area contributed by atoms with E-state index in [1.165, 1.54) is 0 Å². The Morgan fingerprint density at radius 3 is 2.74 bits per heavy atom. The Balaban J connectivity index is 0.00000261. The highest BCUT2D eigenvalue weighted by molar-refractivity contribution is 5.85. The number of amides is 2. The molecule has 0 bridgehead atoms. The van der Waals surface area contributed by atoms with Crippen molar-refractivity contribution in [3.63, 3.8) is 0 Å². The maximum Gasteiger partial charge on any atom is 0.236 e. The maximum atomic E-state index is 12.6. The second kappa shape index (κ2) is 10.5. The lowest BCUT2D eigenvalue weighted by molar-refractivity contribution is -0.140. The van der Waals surface area contributed by atoms with Crippen molar-refractivity contribution in [2.24, 2.45) is 0 Å². The Morgan fingerprint density at radius 2 is 2.04 bits per heavy atom. The fourth-order valence-corrected chi connectivity index (χ4v) is 3.77. The summed E-state index contributed by atoms with van der Waals surface area (Å²) in [5.74, 6) is 1.21. The van der Waals surface area contributed by atoms with Gasteiger partial charge in [0.05, 0.1) is 13.2 Å². The van der Waals surface area contributed by atoms with Crippen LogP contribution >= 0.6 is 12.4 Å². The van der Waals surface area contributed by atoms with E-state index in [4.69, 9.17) is 4.74 Å². The van der Waals surface area contributed by atoms with E-state index in [0.29, 0.717) is 26.1 Å². The zero-order valence-corrected chi connectivity index (χ0v) is 16.8. The summed E-state index contributed by atoms with van der Waals surface area (Å²) in [5, 5.41) is 3.11. The van der Waals surface area contributed by atoms with Crippen molar-refractivity contribution in [2.45, 2.75) is 38.6 Å². The summed E-state index contributed by atoms with van der Waals surface area (Å²) >= 11 is 0. The van der Waals surface area contributed by atoms with Crippen molar-refractivity contribution in [1.29, 1.82) is 0 Å². The molecule has 1 N–H and O–H groups in total. The molecule has 7 heteroatoms. The van der Waals surface area contributed by atoms with E-state index < -0.39 is 0 Å². The Morgan fingerprint density at radius 1 is 1.26 bits per heavy atom. The molecule has 1 atom stereocenters. The molecule has 2 amide bonds. The van der Waals surface area contributed by atoms with E-state index in [2.05, 4.69) is 5.32 Å². The lowest BCUT2D eigenvalue weighted by Gasteiger charge is -2.41. The summed E-state index contributed by atoms with van der Waals surface area (Å²) in [4.78, 5) is 28.6. The van der Waals surface area contributed by atoms with Crippen LogP contribution in [0.15, 0.2) is 24.3 Å². The van der Waals surface area contributed by atoms with E-state index in [1.807, 2.05) is 41.0 Å². The first kappa shape index (κ1) is 21.5. The van der Waals surface area contributed by atoms with E-state index in [9.17, 15) is 9.59 Å². The quantitative estimate of drug-likeness (QED) is 0.798. The van der Waals surface area contributed by atoms with E-state index >= 15 is 0 Å². The molecule has 3 rings (SSSR count). The average molecular weight is 396 g/mol. The van der Waals surface area contributed by atoms with Gasteiger partial charge in [0.2, 0.25) is 11.8 Å². The number of carbonyl (C=O) groups excluding carboxylic acids is 2. The molecule has 0 saturated carbocycles. The van der Waals surface area contributed by atoms with Gasteiger partial charge in [-0.3, -0.25) is 9.59 Å². The SMILES string of the molecule is CCOc1ccc(CCC(=O)N2CCCC(N3CCNCC3=O)C2)cc1.Cl. The predicted octanol–water partition coefficient (Wildman–Crippen LogP) is 1.86. The highest BCUT2D eigenvalue weighted by Gasteiger charge is 2.31. The van der Waals surface area contributed by atoms with Gasteiger partial charge in [0.1, 0.15) is 5.75 Å². The van der Waals surface area contributed by atoms with Gasteiger partial charge in [-0.25, -0.2) is 0 Å². The van der Waals surface area contributed by atoms with Crippen molar-refractivity contribution in [1.82, 2.24) is 15.1 Å². The van der Waals surface area contributed by atoms with Crippen LogP contribution in [0.3, 0.4) is 0 Å². The summed E-state index contributed by atoms with van der Waals surface area (Å²) in [5.41, 5.74) is 1.15. The minimum Gasteiger partial charge on any atom is -0.494 e.